The van der Waals surface area contributed by atoms with Crippen LogP contribution in [-0.2, 0) is 11.2 Å². The van der Waals surface area contributed by atoms with Crippen LogP contribution in [0.4, 0.5) is 11.8 Å². The second-order valence-electron chi connectivity index (χ2n) is 6.57. The van der Waals surface area contributed by atoms with E-state index in [1.54, 1.807) is 0 Å². The third-order valence-corrected chi connectivity index (χ3v) is 4.60. The van der Waals surface area contributed by atoms with Gasteiger partial charge >= 0.3 is 0 Å². The van der Waals surface area contributed by atoms with Crippen molar-refractivity contribution in [1.82, 2.24) is 14.9 Å². The van der Waals surface area contributed by atoms with E-state index in [2.05, 4.69) is 32.3 Å². The summed E-state index contributed by atoms with van der Waals surface area (Å²) in [5.41, 5.74) is 2.17. The van der Waals surface area contributed by atoms with Crippen LogP contribution in [0.2, 0.25) is 0 Å². The zero-order valence-corrected chi connectivity index (χ0v) is 15.6. The minimum absolute atomic E-state index is 0.237. The summed E-state index contributed by atoms with van der Waals surface area (Å²) in [5.74, 6) is 1.84. The molecule has 1 amide bonds. The van der Waals surface area contributed by atoms with Crippen LogP contribution in [0, 0.1) is 6.92 Å². The van der Waals surface area contributed by atoms with Crippen LogP contribution in [0.1, 0.15) is 24.6 Å². The molecule has 1 aromatic carbocycles. The van der Waals surface area contributed by atoms with Crippen LogP contribution < -0.4 is 10.2 Å². The van der Waals surface area contributed by atoms with Crippen LogP contribution in [0.25, 0.3) is 0 Å². The highest BCUT2D eigenvalue weighted by Gasteiger charge is 2.22. The van der Waals surface area contributed by atoms with Crippen molar-refractivity contribution in [2.75, 3.05) is 42.9 Å². The van der Waals surface area contributed by atoms with Gasteiger partial charge in [0.15, 0.2) is 0 Å². The normalized spacial score (nSPS) is 14.4. The Kier molecular flexibility index (Phi) is 6.04. The molecule has 0 atom stereocenters. The van der Waals surface area contributed by atoms with Gasteiger partial charge in [-0.1, -0.05) is 30.3 Å². The second kappa shape index (κ2) is 8.65. The number of benzene rings is 1. The molecule has 0 unspecified atom stereocenters. The van der Waals surface area contributed by atoms with Crippen molar-refractivity contribution < 1.29 is 4.79 Å². The molecule has 1 aliphatic rings. The number of aromatic nitrogens is 2. The largest absolute Gasteiger partial charge is 0.354 e. The number of piperazine rings is 1. The van der Waals surface area contributed by atoms with Gasteiger partial charge in [-0.2, -0.15) is 4.98 Å². The van der Waals surface area contributed by atoms with Crippen LogP contribution in [0.15, 0.2) is 36.4 Å². The van der Waals surface area contributed by atoms with Gasteiger partial charge in [0.25, 0.3) is 0 Å². The summed E-state index contributed by atoms with van der Waals surface area (Å²) in [7, 11) is 0. The summed E-state index contributed by atoms with van der Waals surface area (Å²) < 4.78 is 0. The highest BCUT2D eigenvalue weighted by Crippen LogP contribution is 2.17. The number of amides is 1. The van der Waals surface area contributed by atoms with Gasteiger partial charge in [-0.3, -0.25) is 4.79 Å². The number of rotatable bonds is 6. The molecule has 2 heterocycles. The first kappa shape index (κ1) is 18.2. The lowest BCUT2D eigenvalue weighted by Crippen LogP contribution is -2.49. The van der Waals surface area contributed by atoms with E-state index in [0.29, 0.717) is 12.4 Å². The monoisotopic (exact) mass is 353 g/mol. The zero-order chi connectivity index (χ0) is 18.4. The average Bonchev–Trinajstić information content (AvgIpc) is 2.67. The van der Waals surface area contributed by atoms with Crippen LogP contribution in [0.3, 0.4) is 0 Å². The summed E-state index contributed by atoms with van der Waals surface area (Å²) >= 11 is 0. The van der Waals surface area contributed by atoms with E-state index in [-0.39, 0.29) is 5.91 Å². The Labute approximate surface area is 155 Å². The summed E-state index contributed by atoms with van der Waals surface area (Å²) in [6.07, 6.45) is 1.37. The van der Waals surface area contributed by atoms with Gasteiger partial charge in [-0.25, -0.2) is 4.98 Å². The lowest BCUT2D eigenvalue weighted by molar-refractivity contribution is -0.131. The van der Waals surface area contributed by atoms with E-state index in [0.717, 1.165) is 50.7 Å². The van der Waals surface area contributed by atoms with Crippen LogP contribution >= 0.6 is 0 Å². The molecule has 0 spiro atoms. The first-order valence-electron chi connectivity index (χ1n) is 9.32. The molecule has 138 valence electrons. The predicted octanol–water partition coefficient (Wildman–Crippen LogP) is 2.50. The van der Waals surface area contributed by atoms with Crippen molar-refractivity contribution in [3.8, 4) is 0 Å². The highest BCUT2D eigenvalue weighted by atomic mass is 16.2. The topological polar surface area (TPSA) is 61.4 Å². The molecule has 26 heavy (non-hydrogen) atoms. The molecule has 1 aromatic heterocycles. The molecule has 6 heteroatoms. The number of nitrogens with one attached hydrogen (secondary N) is 1. The van der Waals surface area contributed by atoms with Crippen LogP contribution in [0.5, 0.6) is 0 Å². The summed E-state index contributed by atoms with van der Waals surface area (Å²) in [6.45, 7) is 7.91. The maximum absolute atomic E-state index is 12.5. The van der Waals surface area contributed by atoms with E-state index in [1.807, 2.05) is 43.0 Å². The van der Waals surface area contributed by atoms with Crippen molar-refractivity contribution in [3.63, 3.8) is 0 Å². The fraction of sp³-hybridized carbons (Fsp3) is 0.450. The second-order valence-corrected chi connectivity index (χ2v) is 6.57. The quantitative estimate of drug-likeness (QED) is 0.865. The van der Waals surface area contributed by atoms with E-state index in [9.17, 15) is 4.79 Å². The molecule has 0 saturated carbocycles. The predicted molar refractivity (Wildman–Crippen MR) is 104 cm³/mol. The summed E-state index contributed by atoms with van der Waals surface area (Å²) in [6, 6.07) is 12.2. The lowest BCUT2D eigenvalue weighted by Gasteiger charge is -2.35. The number of carbonyl (C=O) groups excluding carboxylic acids is 1. The smallest absolute Gasteiger partial charge is 0.224 e. The number of hydrogen-bond acceptors (Lipinski definition) is 5. The SMILES string of the molecule is CCNc1nc(C)cc(N2CCN(C(=O)CCc3ccccc3)CC2)n1. The van der Waals surface area contributed by atoms with Crippen molar-refractivity contribution in [1.29, 1.82) is 0 Å². The minimum Gasteiger partial charge on any atom is -0.354 e. The molecule has 1 aliphatic heterocycles. The summed E-state index contributed by atoms with van der Waals surface area (Å²) in [5, 5.41) is 3.17. The molecular weight excluding hydrogens is 326 g/mol. The Morgan fingerprint density at radius 3 is 2.54 bits per heavy atom. The van der Waals surface area contributed by atoms with Gasteiger partial charge in [0.1, 0.15) is 5.82 Å². The molecule has 0 bridgehead atoms. The van der Waals surface area contributed by atoms with Crippen molar-refractivity contribution in [2.24, 2.45) is 0 Å². The van der Waals surface area contributed by atoms with Crippen molar-refractivity contribution >= 4 is 17.7 Å². The van der Waals surface area contributed by atoms with E-state index < -0.39 is 0 Å². The number of nitrogens with zero attached hydrogens (tertiary/aromatic N) is 4. The van der Waals surface area contributed by atoms with Gasteiger partial charge in [0.05, 0.1) is 0 Å². The molecule has 0 aliphatic carbocycles. The highest BCUT2D eigenvalue weighted by molar-refractivity contribution is 5.76. The Morgan fingerprint density at radius 2 is 1.85 bits per heavy atom. The first-order valence-corrected chi connectivity index (χ1v) is 9.32. The molecule has 1 N–H and O–H groups in total. The molecule has 2 aromatic rings. The van der Waals surface area contributed by atoms with Gasteiger partial charge in [0, 0.05) is 50.9 Å². The molecule has 0 radical (unpaired) electrons. The summed E-state index contributed by atoms with van der Waals surface area (Å²) in [4.78, 5) is 25.7. The Morgan fingerprint density at radius 1 is 1.12 bits per heavy atom. The van der Waals surface area contributed by atoms with E-state index in [1.165, 1.54) is 5.56 Å². The maximum Gasteiger partial charge on any atom is 0.224 e. The molecule has 6 nitrogen and oxygen atoms in total. The van der Waals surface area contributed by atoms with Gasteiger partial charge in [-0.15, -0.1) is 0 Å². The molecule has 1 fully saturated rings. The van der Waals surface area contributed by atoms with Crippen molar-refractivity contribution in [3.05, 3.63) is 47.7 Å². The molecule has 3 rings (SSSR count). The fourth-order valence-corrected chi connectivity index (χ4v) is 3.19. The lowest BCUT2D eigenvalue weighted by atomic mass is 10.1. The van der Waals surface area contributed by atoms with Crippen molar-refractivity contribution in [2.45, 2.75) is 26.7 Å². The number of anilines is 2. The van der Waals surface area contributed by atoms with Gasteiger partial charge in [0.2, 0.25) is 11.9 Å². The number of carbonyl (C=O) groups is 1. The van der Waals surface area contributed by atoms with Crippen LogP contribution in [-0.4, -0.2) is 53.5 Å². The average molecular weight is 353 g/mol. The van der Waals surface area contributed by atoms with E-state index in [4.69, 9.17) is 0 Å². The van der Waals surface area contributed by atoms with Gasteiger partial charge < -0.3 is 15.1 Å². The fourth-order valence-electron chi connectivity index (χ4n) is 3.19. The number of hydrogen-bond donors (Lipinski definition) is 1. The Bertz CT molecular complexity index is 726. The first-order chi connectivity index (χ1) is 12.7. The van der Waals surface area contributed by atoms with E-state index >= 15 is 0 Å². The van der Waals surface area contributed by atoms with Gasteiger partial charge in [-0.05, 0) is 25.8 Å². The standard InChI is InChI=1S/C20H27N5O/c1-3-21-20-22-16(2)15-18(23-20)24-11-13-25(14-12-24)19(26)10-9-17-7-5-4-6-8-17/h4-8,15H,3,9-14H2,1-2H3,(H,21,22,23). The minimum atomic E-state index is 0.237. The Hall–Kier alpha value is -2.63. The Balaban J connectivity index is 1.53. The molecule has 1 saturated heterocycles. The molecular formula is C20H27N5O. The zero-order valence-electron chi connectivity index (χ0n) is 15.6. The third-order valence-electron chi connectivity index (χ3n) is 4.60. The number of aryl methyl sites for hydroxylation is 2. The maximum atomic E-state index is 12.5. The third kappa shape index (κ3) is 4.71.